The first-order valence-electron chi connectivity index (χ1n) is 5.64. The molecule has 0 aromatic heterocycles. The predicted octanol–water partition coefficient (Wildman–Crippen LogP) is -0.661. The van der Waals surface area contributed by atoms with Gasteiger partial charge in [-0.1, -0.05) is 0 Å². The Balaban J connectivity index is 2.43. The summed E-state index contributed by atoms with van der Waals surface area (Å²) in [5.74, 6) is -0.245. The Bertz CT molecular complexity index is 281. The minimum atomic E-state index is -0.308. The van der Waals surface area contributed by atoms with E-state index in [4.69, 9.17) is 4.74 Å². The topological polar surface area (TPSA) is 59.1 Å². The van der Waals surface area contributed by atoms with Gasteiger partial charge in [-0.15, -0.1) is 0 Å². The lowest BCUT2D eigenvalue weighted by atomic mass is 10.2. The molecule has 6 heteroatoms. The van der Waals surface area contributed by atoms with Gasteiger partial charge in [0.15, 0.2) is 0 Å². The van der Waals surface area contributed by atoms with Crippen molar-refractivity contribution < 1.29 is 19.1 Å². The van der Waals surface area contributed by atoms with E-state index in [1.165, 1.54) is 7.11 Å². The van der Waals surface area contributed by atoms with E-state index in [9.17, 15) is 9.59 Å². The van der Waals surface area contributed by atoms with Gasteiger partial charge in [-0.2, -0.15) is 0 Å². The summed E-state index contributed by atoms with van der Waals surface area (Å²) in [5.41, 5.74) is 0. The van der Waals surface area contributed by atoms with Crippen molar-refractivity contribution in [2.24, 2.45) is 0 Å². The number of esters is 1. The first-order chi connectivity index (χ1) is 8.02. The highest BCUT2D eigenvalue weighted by molar-refractivity contribution is 5.78. The molecule has 0 bridgehead atoms. The van der Waals surface area contributed by atoms with Crippen LogP contribution in [0.1, 0.15) is 6.42 Å². The monoisotopic (exact) mass is 244 g/mol. The number of amides is 1. The number of carbonyl (C=O) groups excluding carboxylic acids is 2. The van der Waals surface area contributed by atoms with Gasteiger partial charge in [0.1, 0.15) is 0 Å². The summed E-state index contributed by atoms with van der Waals surface area (Å²) in [5, 5.41) is 0. The zero-order valence-electron chi connectivity index (χ0n) is 10.6. The van der Waals surface area contributed by atoms with E-state index in [0.717, 1.165) is 0 Å². The van der Waals surface area contributed by atoms with Crippen LogP contribution in [0, 0.1) is 0 Å². The van der Waals surface area contributed by atoms with Crippen molar-refractivity contribution in [3.63, 3.8) is 0 Å². The van der Waals surface area contributed by atoms with Gasteiger partial charge >= 0.3 is 5.97 Å². The van der Waals surface area contributed by atoms with Crippen LogP contribution >= 0.6 is 0 Å². The quantitative estimate of drug-likeness (QED) is 0.614. The maximum atomic E-state index is 11.8. The second-order valence-electron chi connectivity index (χ2n) is 4.35. The van der Waals surface area contributed by atoms with Gasteiger partial charge < -0.3 is 19.3 Å². The van der Waals surface area contributed by atoms with Crippen LogP contribution in [-0.2, 0) is 19.1 Å². The number of likely N-dealkylation sites (N-methyl/N-ethyl adjacent to an activating group) is 1. The zero-order chi connectivity index (χ0) is 12.8. The molecule has 0 aromatic rings. The largest absolute Gasteiger partial charge is 0.469 e. The average molecular weight is 244 g/mol. The zero-order valence-corrected chi connectivity index (χ0v) is 10.6. The first kappa shape index (κ1) is 13.9. The number of rotatable bonds is 4. The third-order valence-electron chi connectivity index (χ3n) is 2.56. The minimum absolute atomic E-state index is 0.0631. The Morgan fingerprint density at radius 3 is 2.76 bits per heavy atom. The molecule has 1 saturated heterocycles. The molecule has 0 N–H and O–H groups in total. The van der Waals surface area contributed by atoms with Crippen molar-refractivity contribution in [3.8, 4) is 0 Å². The highest BCUT2D eigenvalue weighted by atomic mass is 16.5. The van der Waals surface area contributed by atoms with Crippen LogP contribution in [0.2, 0.25) is 0 Å². The molecule has 6 nitrogen and oxygen atoms in total. The fourth-order valence-electron chi connectivity index (χ4n) is 1.71. The van der Waals surface area contributed by atoms with Gasteiger partial charge in [-0.05, 0) is 14.1 Å². The smallest absolute Gasteiger partial charge is 0.308 e. The Hall–Kier alpha value is -1.14. The van der Waals surface area contributed by atoms with E-state index < -0.39 is 0 Å². The average Bonchev–Trinajstić information content (AvgIpc) is 2.28. The van der Waals surface area contributed by atoms with Gasteiger partial charge in [0.25, 0.3) is 0 Å². The van der Waals surface area contributed by atoms with Crippen LogP contribution in [0.25, 0.3) is 0 Å². The van der Waals surface area contributed by atoms with Crippen LogP contribution in [0.5, 0.6) is 0 Å². The van der Waals surface area contributed by atoms with Crippen LogP contribution < -0.4 is 0 Å². The van der Waals surface area contributed by atoms with E-state index in [0.29, 0.717) is 26.2 Å². The number of ether oxygens (including phenoxy) is 2. The fourth-order valence-corrected chi connectivity index (χ4v) is 1.71. The van der Waals surface area contributed by atoms with E-state index >= 15 is 0 Å². The Labute approximate surface area is 101 Å². The fraction of sp³-hybridized carbons (Fsp3) is 0.818. The summed E-state index contributed by atoms with van der Waals surface area (Å²) in [7, 11) is 5.05. The standard InChI is InChI=1S/C11H20N2O4/c1-12(2)8-10(14)13-4-5-17-9(7-13)6-11(15)16-3/h9H,4-8H2,1-3H3. The number of methoxy groups -OCH3 is 1. The number of hydrogen-bond acceptors (Lipinski definition) is 5. The lowest BCUT2D eigenvalue weighted by Crippen LogP contribution is -2.48. The molecule has 17 heavy (non-hydrogen) atoms. The van der Waals surface area contributed by atoms with Crippen molar-refractivity contribution in [2.75, 3.05) is 47.4 Å². The molecule has 1 rings (SSSR count). The van der Waals surface area contributed by atoms with Crippen LogP contribution in [0.15, 0.2) is 0 Å². The Kier molecular flexibility index (Phi) is 5.37. The Morgan fingerprint density at radius 2 is 2.18 bits per heavy atom. The van der Waals surface area contributed by atoms with Crippen LogP contribution in [0.3, 0.4) is 0 Å². The maximum absolute atomic E-state index is 11.8. The highest BCUT2D eigenvalue weighted by Crippen LogP contribution is 2.09. The van der Waals surface area contributed by atoms with Crippen molar-refractivity contribution in [2.45, 2.75) is 12.5 Å². The van der Waals surface area contributed by atoms with Gasteiger partial charge in [0, 0.05) is 13.1 Å². The van der Waals surface area contributed by atoms with Crippen molar-refractivity contribution in [3.05, 3.63) is 0 Å². The molecule has 98 valence electrons. The Morgan fingerprint density at radius 1 is 1.47 bits per heavy atom. The van der Waals surface area contributed by atoms with E-state index in [-0.39, 0.29) is 24.4 Å². The molecule has 1 amide bonds. The van der Waals surface area contributed by atoms with Gasteiger partial charge in [-0.25, -0.2) is 0 Å². The summed E-state index contributed by atoms with van der Waals surface area (Å²) in [6.07, 6.45) is -0.0512. The molecule has 1 aliphatic heterocycles. The molecule has 1 aliphatic rings. The van der Waals surface area contributed by atoms with E-state index in [1.807, 2.05) is 19.0 Å². The number of carbonyl (C=O) groups is 2. The van der Waals surface area contributed by atoms with E-state index in [1.54, 1.807) is 4.90 Å². The van der Waals surface area contributed by atoms with Crippen molar-refractivity contribution in [1.82, 2.24) is 9.80 Å². The van der Waals surface area contributed by atoms with Gasteiger partial charge in [0.2, 0.25) is 5.91 Å². The van der Waals surface area contributed by atoms with Crippen molar-refractivity contribution in [1.29, 1.82) is 0 Å². The summed E-state index contributed by atoms with van der Waals surface area (Å²) in [6.45, 7) is 1.90. The predicted molar refractivity (Wildman–Crippen MR) is 61.5 cm³/mol. The van der Waals surface area contributed by atoms with Gasteiger partial charge in [-0.3, -0.25) is 9.59 Å². The van der Waals surface area contributed by atoms with Gasteiger partial charge in [0.05, 0.1) is 32.8 Å². The molecule has 1 atom stereocenters. The van der Waals surface area contributed by atoms with Crippen LogP contribution in [0.4, 0.5) is 0 Å². The lowest BCUT2D eigenvalue weighted by Gasteiger charge is -2.33. The number of morpholine rings is 1. The second kappa shape index (κ2) is 6.56. The molecule has 0 spiro atoms. The molecule has 0 aliphatic carbocycles. The summed E-state index contributed by atoms with van der Waals surface area (Å²) >= 11 is 0. The second-order valence-corrected chi connectivity index (χ2v) is 4.35. The highest BCUT2D eigenvalue weighted by Gasteiger charge is 2.26. The third-order valence-corrected chi connectivity index (χ3v) is 2.56. The molecule has 0 saturated carbocycles. The molecule has 0 radical (unpaired) electrons. The molecule has 0 aromatic carbocycles. The number of hydrogen-bond donors (Lipinski definition) is 0. The van der Waals surface area contributed by atoms with Crippen LogP contribution in [-0.4, -0.2) is 75.2 Å². The lowest BCUT2D eigenvalue weighted by molar-refractivity contribution is -0.150. The molecular formula is C11H20N2O4. The van der Waals surface area contributed by atoms with E-state index in [2.05, 4.69) is 4.74 Å². The third kappa shape index (κ3) is 4.70. The molecular weight excluding hydrogens is 224 g/mol. The molecule has 1 unspecified atom stereocenters. The molecule has 1 fully saturated rings. The first-order valence-corrected chi connectivity index (χ1v) is 5.64. The SMILES string of the molecule is COC(=O)CC1CN(C(=O)CN(C)C)CCO1. The maximum Gasteiger partial charge on any atom is 0.308 e. The summed E-state index contributed by atoms with van der Waals surface area (Å²) in [6, 6.07) is 0. The number of nitrogens with zero attached hydrogens (tertiary/aromatic N) is 2. The molecule has 1 heterocycles. The summed E-state index contributed by atoms with van der Waals surface area (Å²) < 4.78 is 10.0. The van der Waals surface area contributed by atoms with Crippen molar-refractivity contribution >= 4 is 11.9 Å². The summed E-state index contributed by atoms with van der Waals surface area (Å²) in [4.78, 5) is 26.5. The minimum Gasteiger partial charge on any atom is -0.469 e. The normalized spacial score (nSPS) is 20.5.